The molecule has 22 heavy (non-hydrogen) atoms. The van der Waals surface area contributed by atoms with Crippen LogP contribution in [0.1, 0.15) is 10.6 Å². The fourth-order valence-electron chi connectivity index (χ4n) is 1.85. The van der Waals surface area contributed by atoms with E-state index < -0.39 is 5.91 Å². The first-order valence-corrected chi connectivity index (χ1v) is 7.64. The Morgan fingerprint density at radius 1 is 1.32 bits per heavy atom. The highest BCUT2D eigenvalue weighted by Gasteiger charge is 2.30. The lowest BCUT2D eigenvalue weighted by atomic mass is 10.3. The van der Waals surface area contributed by atoms with E-state index in [9.17, 15) is 9.59 Å². The minimum absolute atomic E-state index is 0.113. The Hall–Kier alpha value is -2.25. The van der Waals surface area contributed by atoms with Crippen LogP contribution in [-0.4, -0.2) is 22.7 Å². The van der Waals surface area contributed by atoms with Gasteiger partial charge in [0.15, 0.2) is 10.9 Å². The summed E-state index contributed by atoms with van der Waals surface area (Å²) in [6.45, 7) is 0. The maximum absolute atomic E-state index is 12.0. The number of amides is 2. The molecule has 0 saturated carbocycles. The molecule has 1 aromatic carbocycles. The molecule has 0 radical (unpaired) electrons. The van der Waals surface area contributed by atoms with Crippen molar-refractivity contribution in [2.45, 2.75) is 0 Å². The molecule has 1 aliphatic rings. The van der Waals surface area contributed by atoms with Crippen molar-refractivity contribution in [2.24, 2.45) is 5.10 Å². The van der Waals surface area contributed by atoms with E-state index in [0.717, 1.165) is 0 Å². The number of carbonyl (C=O) groups is 2. The molecule has 0 unspecified atom stereocenters. The van der Waals surface area contributed by atoms with Crippen LogP contribution in [0.5, 0.6) is 0 Å². The zero-order valence-electron chi connectivity index (χ0n) is 11.2. The van der Waals surface area contributed by atoms with Gasteiger partial charge in [-0.25, -0.2) is 5.43 Å². The standard InChI is InChI=1S/C14H10ClN3O3S/c15-9-3-5-10(6-4-9)18-12(19)8-22-14(18)17-16-13(20)11-2-1-7-21-11/h1-7H,8H2,(H,16,20). The van der Waals surface area contributed by atoms with Crippen molar-refractivity contribution in [1.82, 2.24) is 5.43 Å². The number of nitrogens with one attached hydrogen (secondary N) is 1. The highest BCUT2D eigenvalue weighted by Crippen LogP contribution is 2.27. The first-order valence-electron chi connectivity index (χ1n) is 6.28. The Morgan fingerprint density at radius 3 is 2.77 bits per heavy atom. The van der Waals surface area contributed by atoms with Crippen LogP contribution < -0.4 is 10.3 Å². The minimum Gasteiger partial charge on any atom is -0.459 e. The maximum atomic E-state index is 12.0. The molecule has 1 aliphatic heterocycles. The molecule has 0 bridgehead atoms. The normalized spacial score (nSPS) is 16.3. The van der Waals surface area contributed by atoms with Crippen LogP contribution in [0.4, 0.5) is 5.69 Å². The zero-order chi connectivity index (χ0) is 15.5. The van der Waals surface area contributed by atoms with E-state index >= 15 is 0 Å². The average Bonchev–Trinajstić information content (AvgIpc) is 3.16. The number of hydrogen-bond donors (Lipinski definition) is 1. The maximum Gasteiger partial charge on any atom is 0.307 e. The summed E-state index contributed by atoms with van der Waals surface area (Å²) in [6, 6.07) is 9.94. The van der Waals surface area contributed by atoms with Crippen molar-refractivity contribution in [3.63, 3.8) is 0 Å². The average molecular weight is 336 g/mol. The molecule has 0 atom stereocenters. The van der Waals surface area contributed by atoms with Crippen LogP contribution in [0.15, 0.2) is 52.2 Å². The number of hydrazone groups is 1. The quantitative estimate of drug-likeness (QED) is 0.875. The van der Waals surface area contributed by atoms with Crippen LogP contribution in [0.3, 0.4) is 0 Å². The van der Waals surface area contributed by atoms with Gasteiger partial charge in [-0.05, 0) is 36.4 Å². The molecule has 0 aliphatic carbocycles. The lowest BCUT2D eigenvalue weighted by molar-refractivity contribution is -0.115. The van der Waals surface area contributed by atoms with Crippen molar-refractivity contribution >= 4 is 46.0 Å². The number of benzene rings is 1. The number of amidine groups is 1. The van der Waals surface area contributed by atoms with Gasteiger partial charge in [0.25, 0.3) is 0 Å². The van der Waals surface area contributed by atoms with E-state index in [4.69, 9.17) is 16.0 Å². The Balaban J connectivity index is 1.79. The molecule has 2 aromatic rings. The van der Waals surface area contributed by atoms with Crippen molar-refractivity contribution < 1.29 is 14.0 Å². The predicted molar refractivity (Wildman–Crippen MR) is 85.0 cm³/mol. The summed E-state index contributed by atoms with van der Waals surface area (Å²) in [5.41, 5.74) is 3.02. The Morgan fingerprint density at radius 2 is 2.09 bits per heavy atom. The van der Waals surface area contributed by atoms with Gasteiger partial charge in [-0.1, -0.05) is 23.4 Å². The summed E-state index contributed by atoms with van der Waals surface area (Å²) in [5.74, 6) is -0.179. The van der Waals surface area contributed by atoms with Crippen LogP contribution in [0, 0.1) is 0 Å². The third-order valence-electron chi connectivity index (χ3n) is 2.85. The Bertz CT molecular complexity index is 728. The SMILES string of the molecule is O=C(NN=C1SCC(=O)N1c1ccc(Cl)cc1)c1ccco1. The van der Waals surface area contributed by atoms with E-state index in [1.807, 2.05) is 0 Å². The lowest BCUT2D eigenvalue weighted by Gasteiger charge is -2.15. The van der Waals surface area contributed by atoms with Gasteiger partial charge in [-0.2, -0.15) is 0 Å². The van der Waals surface area contributed by atoms with E-state index in [-0.39, 0.29) is 17.4 Å². The van der Waals surface area contributed by atoms with E-state index in [2.05, 4.69) is 10.5 Å². The molecule has 2 amide bonds. The molecule has 1 fully saturated rings. The topological polar surface area (TPSA) is 74.9 Å². The number of hydrogen-bond acceptors (Lipinski definition) is 5. The summed E-state index contributed by atoms with van der Waals surface area (Å²) in [4.78, 5) is 25.2. The highest BCUT2D eigenvalue weighted by atomic mass is 35.5. The largest absolute Gasteiger partial charge is 0.459 e. The molecule has 2 heterocycles. The van der Waals surface area contributed by atoms with Crippen molar-refractivity contribution in [2.75, 3.05) is 10.7 Å². The Labute approximate surface area is 135 Å². The number of furan rings is 1. The summed E-state index contributed by atoms with van der Waals surface area (Å²) in [6.07, 6.45) is 1.40. The molecular formula is C14H10ClN3O3S. The third kappa shape index (κ3) is 3.00. The molecule has 3 rings (SSSR count). The van der Waals surface area contributed by atoms with Crippen molar-refractivity contribution in [3.05, 3.63) is 53.4 Å². The monoisotopic (exact) mass is 335 g/mol. The summed E-state index contributed by atoms with van der Waals surface area (Å²) < 4.78 is 4.97. The smallest absolute Gasteiger partial charge is 0.307 e. The van der Waals surface area contributed by atoms with Gasteiger partial charge >= 0.3 is 5.91 Å². The van der Waals surface area contributed by atoms with Gasteiger partial charge in [0.1, 0.15) is 0 Å². The van der Waals surface area contributed by atoms with Crippen molar-refractivity contribution in [1.29, 1.82) is 0 Å². The number of thioether (sulfide) groups is 1. The van der Waals surface area contributed by atoms with Gasteiger partial charge in [-0.15, -0.1) is 5.10 Å². The van der Waals surface area contributed by atoms with E-state index in [1.165, 1.54) is 29.0 Å². The molecular weight excluding hydrogens is 326 g/mol. The van der Waals surface area contributed by atoms with E-state index in [0.29, 0.717) is 15.9 Å². The molecule has 1 saturated heterocycles. The van der Waals surface area contributed by atoms with Crippen molar-refractivity contribution in [3.8, 4) is 0 Å². The Kier molecular flexibility index (Phi) is 4.17. The third-order valence-corrected chi connectivity index (χ3v) is 4.02. The second-order valence-electron chi connectivity index (χ2n) is 4.31. The van der Waals surface area contributed by atoms with Gasteiger partial charge in [-0.3, -0.25) is 14.5 Å². The summed E-state index contributed by atoms with van der Waals surface area (Å²) in [5, 5.41) is 4.97. The fourth-order valence-corrected chi connectivity index (χ4v) is 2.80. The fraction of sp³-hybridized carbons (Fsp3) is 0.0714. The number of carbonyl (C=O) groups excluding carboxylic acids is 2. The first kappa shape index (κ1) is 14.7. The molecule has 1 N–H and O–H groups in total. The summed E-state index contributed by atoms with van der Waals surface area (Å²) in [7, 11) is 0. The zero-order valence-corrected chi connectivity index (χ0v) is 12.7. The summed E-state index contributed by atoms with van der Waals surface area (Å²) >= 11 is 7.09. The van der Waals surface area contributed by atoms with Gasteiger partial charge in [0.2, 0.25) is 5.91 Å². The molecule has 1 aromatic heterocycles. The second kappa shape index (κ2) is 6.25. The number of halogens is 1. The van der Waals surface area contributed by atoms with Crippen LogP contribution in [-0.2, 0) is 4.79 Å². The second-order valence-corrected chi connectivity index (χ2v) is 5.69. The van der Waals surface area contributed by atoms with Gasteiger partial charge in [0, 0.05) is 5.02 Å². The van der Waals surface area contributed by atoms with Crippen LogP contribution >= 0.6 is 23.4 Å². The molecule has 112 valence electrons. The lowest BCUT2D eigenvalue weighted by Crippen LogP contribution is -2.31. The molecule has 8 heteroatoms. The van der Waals surface area contributed by atoms with Crippen LogP contribution in [0.2, 0.25) is 5.02 Å². The minimum atomic E-state index is -0.478. The molecule has 0 spiro atoms. The molecule has 6 nitrogen and oxygen atoms in total. The first-order chi connectivity index (χ1) is 10.6. The number of anilines is 1. The predicted octanol–water partition coefficient (Wildman–Crippen LogP) is 2.71. The number of nitrogens with zero attached hydrogens (tertiary/aromatic N) is 2. The van der Waals surface area contributed by atoms with E-state index in [1.54, 1.807) is 30.3 Å². The number of rotatable bonds is 3. The highest BCUT2D eigenvalue weighted by molar-refractivity contribution is 8.15. The van der Waals surface area contributed by atoms with Gasteiger partial charge in [0.05, 0.1) is 17.7 Å². The van der Waals surface area contributed by atoms with Crippen LogP contribution in [0.25, 0.3) is 0 Å². The van der Waals surface area contributed by atoms with Gasteiger partial charge < -0.3 is 4.42 Å².